The van der Waals surface area contributed by atoms with E-state index in [1.807, 2.05) is 39.0 Å². The molecule has 2 aromatic rings. The Hall–Kier alpha value is -2.71. The number of hydrogen-bond donors (Lipinski definition) is 2. The summed E-state index contributed by atoms with van der Waals surface area (Å²) in [4.78, 5) is 26.4. The normalized spacial score (nSPS) is 14.4. The molecule has 0 aromatic heterocycles. The Labute approximate surface area is 183 Å². The summed E-state index contributed by atoms with van der Waals surface area (Å²) in [5.74, 6) is -0.354. The first-order chi connectivity index (χ1) is 14.6. The summed E-state index contributed by atoms with van der Waals surface area (Å²) in [5.41, 5.74) is 3.10. The van der Waals surface area contributed by atoms with Gasteiger partial charge in [-0.25, -0.2) is 8.42 Å². The highest BCUT2D eigenvalue weighted by Crippen LogP contribution is 2.30. The number of para-hydroxylation sites is 1. The number of nitrogens with one attached hydrogen (secondary N) is 2. The van der Waals surface area contributed by atoms with E-state index >= 15 is 0 Å². The molecule has 0 bridgehead atoms. The maximum Gasteiger partial charge on any atom is 0.242 e. The van der Waals surface area contributed by atoms with Crippen LogP contribution in [0.4, 0.5) is 11.4 Å². The first-order valence-corrected chi connectivity index (χ1v) is 11.9. The molecule has 0 spiro atoms. The van der Waals surface area contributed by atoms with Crippen LogP contribution < -0.4 is 14.9 Å². The van der Waals surface area contributed by atoms with Gasteiger partial charge in [-0.2, -0.15) is 4.72 Å². The molecule has 2 amide bonds. The third kappa shape index (κ3) is 5.32. The molecule has 0 unspecified atom stereocenters. The van der Waals surface area contributed by atoms with Gasteiger partial charge in [0.25, 0.3) is 0 Å². The smallest absolute Gasteiger partial charge is 0.242 e. The summed E-state index contributed by atoms with van der Waals surface area (Å²) in [6, 6.07) is 11.2. The maximum atomic E-state index is 13.1. The van der Waals surface area contributed by atoms with Crippen molar-refractivity contribution in [3.8, 4) is 0 Å². The first kappa shape index (κ1) is 23.0. The molecule has 2 N–H and O–H groups in total. The lowest BCUT2D eigenvalue weighted by molar-refractivity contribution is -0.118. The zero-order valence-electron chi connectivity index (χ0n) is 18.3. The van der Waals surface area contributed by atoms with Crippen molar-refractivity contribution in [2.45, 2.75) is 51.5 Å². The number of amides is 2. The highest BCUT2D eigenvalue weighted by molar-refractivity contribution is 7.89. The van der Waals surface area contributed by atoms with E-state index < -0.39 is 22.0 Å². The van der Waals surface area contributed by atoms with E-state index in [1.54, 1.807) is 23.1 Å². The minimum absolute atomic E-state index is 0.0719. The van der Waals surface area contributed by atoms with Crippen molar-refractivity contribution in [2.75, 3.05) is 16.8 Å². The second-order valence-corrected chi connectivity index (χ2v) is 10.0. The van der Waals surface area contributed by atoms with Gasteiger partial charge < -0.3 is 10.2 Å². The Morgan fingerprint density at radius 2 is 1.84 bits per heavy atom. The fourth-order valence-corrected chi connectivity index (χ4v) is 5.00. The van der Waals surface area contributed by atoms with Crippen molar-refractivity contribution >= 4 is 33.2 Å². The Morgan fingerprint density at radius 1 is 1.13 bits per heavy atom. The standard InChI is InChI=1S/C23H29N3O4S/c1-15(2)13-21(23(28)24-20-8-6-5-7-16(20)3)25-31(29,30)19-9-10-22-18(14-19)11-12-26(22)17(4)27/h5-10,14-15,21,25H,11-13H2,1-4H3,(H,24,28)/t21-/m1/s1. The molecule has 0 saturated heterocycles. The first-order valence-electron chi connectivity index (χ1n) is 10.4. The molecule has 1 aliphatic rings. The van der Waals surface area contributed by atoms with Gasteiger partial charge in [-0.1, -0.05) is 32.0 Å². The number of carbonyl (C=O) groups excluding carboxylic acids is 2. The van der Waals surface area contributed by atoms with Gasteiger partial charge in [0.05, 0.1) is 4.90 Å². The van der Waals surface area contributed by atoms with E-state index in [2.05, 4.69) is 10.0 Å². The van der Waals surface area contributed by atoms with Crippen molar-refractivity contribution in [1.29, 1.82) is 0 Å². The molecule has 2 aromatic carbocycles. The van der Waals surface area contributed by atoms with Crippen LogP contribution in [0.1, 0.15) is 38.3 Å². The van der Waals surface area contributed by atoms with Crippen LogP contribution in [0.3, 0.4) is 0 Å². The lowest BCUT2D eigenvalue weighted by atomic mass is 10.0. The number of hydrogen-bond acceptors (Lipinski definition) is 4. The Balaban J connectivity index is 1.83. The number of nitrogens with zero attached hydrogens (tertiary/aromatic N) is 1. The van der Waals surface area contributed by atoms with Crippen molar-refractivity contribution in [3.05, 3.63) is 53.6 Å². The summed E-state index contributed by atoms with van der Waals surface area (Å²) in [6.45, 7) is 7.79. The van der Waals surface area contributed by atoms with Crippen molar-refractivity contribution in [1.82, 2.24) is 4.72 Å². The highest BCUT2D eigenvalue weighted by atomic mass is 32.2. The number of fused-ring (bicyclic) bond motifs is 1. The molecule has 1 heterocycles. The van der Waals surface area contributed by atoms with Gasteiger partial charge in [-0.3, -0.25) is 9.59 Å². The van der Waals surface area contributed by atoms with Gasteiger partial charge in [0, 0.05) is 24.8 Å². The molecule has 0 saturated carbocycles. The minimum atomic E-state index is -3.93. The average molecular weight is 444 g/mol. The molecule has 31 heavy (non-hydrogen) atoms. The van der Waals surface area contributed by atoms with Gasteiger partial charge in [0.1, 0.15) is 6.04 Å². The molecule has 3 rings (SSSR count). The average Bonchev–Trinajstić information content (AvgIpc) is 3.12. The van der Waals surface area contributed by atoms with Crippen LogP contribution in [0.25, 0.3) is 0 Å². The molecule has 0 aliphatic carbocycles. The van der Waals surface area contributed by atoms with Crippen LogP contribution in [-0.4, -0.2) is 32.8 Å². The van der Waals surface area contributed by atoms with E-state index in [4.69, 9.17) is 0 Å². The van der Waals surface area contributed by atoms with Crippen LogP contribution in [0.5, 0.6) is 0 Å². The van der Waals surface area contributed by atoms with Crippen LogP contribution in [0, 0.1) is 12.8 Å². The highest BCUT2D eigenvalue weighted by Gasteiger charge is 2.29. The monoisotopic (exact) mass is 443 g/mol. The van der Waals surface area contributed by atoms with Crippen molar-refractivity contribution < 1.29 is 18.0 Å². The predicted molar refractivity (Wildman–Crippen MR) is 122 cm³/mol. The maximum absolute atomic E-state index is 13.1. The Morgan fingerprint density at radius 3 is 2.48 bits per heavy atom. The summed E-state index contributed by atoms with van der Waals surface area (Å²) >= 11 is 0. The van der Waals surface area contributed by atoms with E-state index in [0.717, 1.165) is 16.8 Å². The molecule has 1 aliphatic heterocycles. The molecule has 8 heteroatoms. The van der Waals surface area contributed by atoms with Crippen molar-refractivity contribution in [2.24, 2.45) is 5.92 Å². The van der Waals surface area contributed by atoms with Gasteiger partial charge in [-0.15, -0.1) is 0 Å². The number of aryl methyl sites for hydroxylation is 1. The lowest BCUT2D eigenvalue weighted by Crippen LogP contribution is -2.44. The zero-order chi connectivity index (χ0) is 22.8. The quantitative estimate of drug-likeness (QED) is 0.687. The van der Waals surface area contributed by atoms with Gasteiger partial charge in [-0.05, 0) is 61.1 Å². The van der Waals surface area contributed by atoms with Crippen LogP contribution in [-0.2, 0) is 26.0 Å². The SMILES string of the molecule is CC(=O)N1CCc2cc(S(=O)(=O)N[C@H](CC(C)C)C(=O)Nc3ccccc3C)ccc21. The van der Waals surface area contributed by atoms with Crippen LogP contribution in [0.15, 0.2) is 47.4 Å². The molecule has 166 valence electrons. The molecule has 1 atom stereocenters. The Bertz CT molecular complexity index is 1100. The number of sulfonamides is 1. The van der Waals surface area contributed by atoms with Crippen molar-refractivity contribution in [3.63, 3.8) is 0 Å². The van der Waals surface area contributed by atoms with E-state index in [0.29, 0.717) is 25.1 Å². The van der Waals surface area contributed by atoms with E-state index in [9.17, 15) is 18.0 Å². The zero-order valence-corrected chi connectivity index (χ0v) is 19.1. The van der Waals surface area contributed by atoms with Crippen LogP contribution >= 0.6 is 0 Å². The summed E-state index contributed by atoms with van der Waals surface area (Å²) in [6.07, 6.45) is 0.960. The third-order valence-corrected chi connectivity index (χ3v) is 6.83. The molecule has 0 radical (unpaired) electrons. The largest absolute Gasteiger partial charge is 0.324 e. The predicted octanol–water partition coefficient (Wildman–Crippen LogP) is 3.24. The van der Waals surface area contributed by atoms with Gasteiger partial charge in [0.2, 0.25) is 21.8 Å². The minimum Gasteiger partial charge on any atom is -0.324 e. The molecular formula is C23H29N3O4S. The number of rotatable bonds is 7. The third-order valence-electron chi connectivity index (χ3n) is 5.36. The fourth-order valence-electron chi connectivity index (χ4n) is 3.74. The summed E-state index contributed by atoms with van der Waals surface area (Å²) in [7, 11) is -3.93. The fraction of sp³-hybridized carbons (Fsp3) is 0.391. The van der Waals surface area contributed by atoms with Gasteiger partial charge >= 0.3 is 0 Å². The lowest BCUT2D eigenvalue weighted by Gasteiger charge is -2.21. The molecular weight excluding hydrogens is 414 g/mol. The van der Waals surface area contributed by atoms with Crippen LogP contribution in [0.2, 0.25) is 0 Å². The topological polar surface area (TPSA) is 95.6 Å². The number of benzene rings is 2. The molecule has 0 fully saturated rings. The van der Waals surface area contributed by atoms with E-state index in [1.165, 1.54) is 13.0 Å². The van der Waals surface area contributed by atoms with Gasteiger partial charge in [0.15, 0.2) is 0 Å². The van der Waals surface area contributed by atoms with E-state index in [-0.39, 0.29) is 16.7 Å². The Kier molecular flexibility index (Phi) is 6.81. The number of anilines is 2. The molecule has 7 nitrogen and oxygen atoms in total. The second kappa shape index (κ2) is 9.20. The summed E-state index contributed by atoms with van der Waals surface area (Å²) in [5, 5.41) is 2.84. The summed E-state index contributed by atoms with van der Waals surface area (Å²) < 4.78 is 28.8. The number of carbonyl (C=O) groups is 2. The second-order valence-electron chi connectivity index (χ2n) is 8.32.